The summed E-state index contributed by atoms with van der Waals surface area (Å²) in [5.74, 6) is 5.62. The van der Waals surface area contributed by atoms with Crippen LogP contribution in [-0.2, 0) is 11.2 Å². The summed E-state index contributed by atoms with van der Waals surface area (Å²) in [6.07, 6.45) is 1.09. The number of benzene rings is 2. The predicted octanol–water partition coefficient (Wildman–Crippen LogP) is 2.64. The zero-order valence-corrected chi connectivity index (χ0v) is 11.6. The minimum Gasteiger partial charge on any atom is -0.377 e. The highest BCUT2D eigenvalue weighted by Gasteiger charge is 2.11. The first kappa shape index (κ1) is 14.0. The number of rotatable bonds is 6. The number of hydrogen-bond acceptors (Lipinski definition) is 3. The molecule has 0 fully saturated rings. The van der Waals surface area contributed by atoms with Gasteiger partial charge >= 0.3 is 0 Å². The molecule has 0 aliphatic heterocycles. The molecule has 3 nitrogen and oxygen atoms in total. The van der Waals surface area contributed by atoms with E-state index in [1.807, 2.05) is 13.8 Å². The standard InChI is InChI=1S/C16H22N2O/c1-12(2)19-11-15(18-17)10-14-8-5-7-13-6-3-4-9-16(13)14/h3-9,12,15,18H,10-11,17H2,1-2H3. The molecule has 19 heavy (non-hydrogen) atoms. The first-order valence-corrected chi connectivity index (χ1v) is 6.75. The summed E-state index contributed by atoms with van der Waals surface area (Å²) < 4.78 is 5.64. The van der Waals surface area contributed by atoms with Crippen molar-refractivity contribution < 1.29 is 4.74 Å². The van der Waals surface area contributed by atoms with Crippen molar-refractivity contribution >= 4 is 10.8 Å². The van der Waals surface area contributed by atoms with Crippen LogP contribution in [0.4, 0.5) is 0 Å². The van der Waals surface area contributed by atoms with Crippen molar-refractivity contribution in [3.63, 3.8) is 0 Å². The van der Waals surface area contributed by atoms with Crippen LogP contribution >= 0.6 is 0 Å². The minimum absolute atomic E-state index is 0.133. The molecular weight excluding hydrogens is 236 g/mol. The van der Waals surface area contributed by atoms with Crippen molar-refractivity contribution in [1.29, 1.82) is 0 Å². The highest BCUT2D eigenvalue weighted by atomic mass is 16.5. The van der Waals surface area contributed by atoms with Crippen LogP contribution in [0.2, 0.25) is 0 Å². The fraction of sp³-hybridized carbons (Fsp3) is 0.375. The van der Waals surface area contributed by atoms with Gasteiger partial charge in [-0.05, 0) is 36.6 Å². The van der Waals surface area contributed by atoms with Crippen LogP contribution in [0.1, 0.15) is 19.4 Å². The third-order valence-electron chi connectivity index (χ3n) is 3.21. The van der Waals surface area contributed by atoms with E-state index in [9.17, 15) is 0 Å². The molecule has 3 N–H and O–H groups in total. The van der Waals surface area contributed by atoms with Gasteiger partial charge in [-0.15, -0.1) is 0 Å². The lowest BCUT2D eigenvalue weighted by molar-refractivity contribution is 0.0614. The normalized spacial score (nSPS) is 13.1. The maximum atomic E-state index is 5.64. The van der Waals surface area contributed by atoms with E-state index in [1.54, 1.807) is 0 Å². The quantitative estimate of drug-likeness (QED) is 0.618. The fourth-order valence-electron chi connectivity index (χ4n) is 2.21. The molecule has 0 aromatic heterocycles. The topological polar surface area (TPSA) is 47.3 Å². The minimum atomic E-state index is 0.133. The van der Waals surface area contributed by atoms with Gasteiger partial charge in [0.05, 0.1) is 12.7 Å². The van der Waals surface area contributed by atoms with Crippen LogP contribution in [0.15, 0.2) is 42.5 Å². The highest BCUT2D eigenvalue weighted by Crippen LogP contribution is 2.19. The Morgan fingerprint density at radius 3 is 2.58 bits per heavy atom. The second-order valence-corrected chi connectivity index (χ2v) is 5.09. The summed E-state index contributed by atoms with van der Waals surface area (Å²) in [6.45, 7) is 4.69. The monoisotopic (exact) mass is 258 g/mol. The SMILES string of the molecule is CC(C)OCC(Cc1cccc2ccccc12)NN. The second kappa shape index (κ2) is 6.66. The van der Waals surface area contributed by atoms with Crippen LogP contribution in [0.25, 0.3) is 10.8 Å². The third-order valence-corrected chi connectivity index (χ3v) is 3.21. The number of fused-ring (bicyclic) bond motifs is 1. The average Bonchev–Trinajstić information content (AvgIpc) is 2.43. The summed E-state index contributed by atoms with van der Waals surface area (Å²) in [5, 5.41) is 2.55. The van der Waals surface area contributed by atoms with Gasteiger partial charge in [0, 0.05) is 6.04 Å². The van der Waals surface area contributed by atoms with Gasteiger partial charge < -0.3 is 4.74 Å². The van der Waals surface area contributed by atoms with Crippen molar-refractivity contribution in [2.75, 3.05) is 6.61 Å². The molecule has 102 valence electrons. The van der Waals surface area contributed by atoms with E-state index in [-0.39, 0.29) is 12.1 Å². The lowest BCUT2D eigenvalue weighted by Crippen LogP contribution is -2.40. The summed E-state index contributed by atoms with van der Waals surface area (Å²) in [5.41, 5.74) is 4.15. The second-order valence-electron chi connectivity index (χ2n) is 5.09. The Morgan fingerprint density at radius 2 is 1.84 bits per heavy atom. The fourth-order valence-corrected chi connectivity index (χ4v) is 2.21. The Morgan fingerprint density at radius 1 is 1.11 bits per heavy atom. The van der Waals surface area contributed by atoms with Crippen LogP contribution < -0.4 is 11.3 Å². The van der Waals surface area contributed by atoms with Crippen LogP contribution in [0.3, 0.4) is 0 Å². The molecule has 0 radical (unpaired) electrons. The molecule has 2 rings (SSSR count). The molecule has 3 heteroatoms. The van der Waals surface area contributed by atoms with Gasteiger partial charge in [-0.3, -0.25) is 11.3 Å². The Kier molecular flexibility index (Phi) is 4.91. The van der Waals surface area contributed by atoms with E-state index < -0.39 is 0 Å². The lowest BCUT2D eigenvalue weighted by atomic mass is 9.99. The van der Waals surface area contributed by atoms with E-state index in [0.717, 1.165) is 6.42 Å². The summed E-state index contributed by atoms with van der Waals surface area (Å²) >= 11 is 0. The third kappa shape index (κ3) is 3.77. The summed E-state index contributed by atoms with van der Waals surface area (Å²) in [6, 6.07) is 14.9. The molecule has 0 aliphatic rings. The first-order chi connectivity index (χ1) is 9.20. The predicted molar refractivity (Wildman–Crippen MR) is 79.9 cm³/mol. The van der Waals surface area contributed by atoms with Crippen molar-refractivity contribution in [2.45, 2.75) is 32.4 Å². The Balaban J connectivity index is 2.15. The molecule has 2 aromatic rings. The molecule has 2 aromatic carbocycles. The van der Waals surface area contributed by atoms with Gasteiger partial charge in [0.25, 0.3) is 0 Å². The van der Waals surface area contributed by atoms with Crippen LogP contribution in [-0.4, -0.2) is 18.8 Å². The summed E-state index contributed by atoms with van der Waals surface area (Å²) in [4.78, 5) is 0. The maximum Gasteiger partial charge on any atom is 0.0639 e. The number of hydrogen-bond donors (Lipinski definition) is 2. The lowest BCUT2D eigenvalue weighted by Gasteiger charge is -2.18. The van der Waals surface area contributed by atoms with Gasteiger partial charge in [0.15, 0.2) is 0 Å². The van der Waals surface area contributed by atoms with E-state index in [4.69, 9.17) is 10.6 Å². The Hall–Kier alpha value is -1.42. The van der Waals surface area contributed by atoms with Gasteiger partial charge in [0.1, 0.15) is 0 Å². The van der Waals surface area contributed by atoms with Crippen molar-refractivity contribution in [3.05, 3.63) is 48.0 Å². The van der Waals surface area contributed by atoms with Gasteiger partial charge in [-0.2, -0.15) is 0 Å². The van der Waals surface area contributed by atoms with E-state index in [0.29, 0.717) is 6.61 Å². The number of nitrogens with one attached hydrogen (secondary N) is 1. The zero-order valence-electron chi connectivity index (χ0n) is 11.6. The van der Waals surface area contributed by atoms with Crippen LogP contribution in [0, 0.1) is 0 Å². The van der Waals surface area contributed by atoms with Gasteiger partial charge in [-0.1, -0.05) is 42.5 Å². The molecule has 0 spiro atoms. The van der Waals surface area contributed by atoms with E-state index in [2.05, 4.69) is 47.9 Å². The molecule has 0 bridgehead atoms. The van der Waals surface area contributed by atoms with E-state index >= 15 is 0 Å². The Bertz CT molecular complexity index is 520. The van der Waals surface area contributed by atoms with Crippen molar-refractivity contribution in [1.82, 2.24) is 5.43 Å². The number of hydrazine groups is 1. The number of ether oxygens (including phenoxy) is 1. The molecule has 1 unspecified atom stereocenters. The molecule has 0 amide bonds. The highest BCUT2D eigenvalue weighted by molar-refractivity contribution is 5.85. The molecule has 1 atom stereocenters. The molecule has 0 heterocycles. The van der Waals surface area contributed by atoms with E-state index in [1.165, 1.54) is 16.3 Å². The smallest absolute Gasteiger partial charge is 0.0639 e. The molecule has 0 saturated heterocycles. The van der Waals surface area contributed by atoms with Crippen molar-refractivity contribution in [3.8, 4) is 0 Å². The largest absolute Gasteiger partial charge is 0.377 e. The zero-order chi connectivity index (χ0) is 13.7. The average molecular weight is 258 g/mol. The molecule has 0 saturated carbocycles. The summed E-state index contributed by atoms with van der Waals surface area (Å²) in [7, 11) is 0. The maximum absolute atomic E-state index is 5.64. The van der Waals surface area contributed by atoms with Crippen molar-refractivity contribution in [2.24, 2.45) is 5.84 Å². The number of nitrogens with two attached hydrogens (primary N) is 1. The van der Waals surface area contributed by atoms with Gasteiger partial charge in [0.2, 0.25) is 0 Å². The molecular formula is C16H22N2O. The van der Waals surface area contributed by atoms with Crippen LogP contribution in [0.5, 0.6) is 0 Å². The first-order valence-electron chi connectivity index (χ1n) is 6.75. The molecule has 0 aliphatic carbocycles. The Labute approximate surface area is 114 Å². The van der Waals surface area contributed by atoms with Gasteiger partial charge in [-0.25, -0.2) is 0 Å².